The molecule has 2 atom stereocenters. The van der Waals surface area contributed by atoms with E-state index in [-0.39, 0.29) is 24.7 Å². The van der Waals surface area contributed by atoms with E-state index >= 15 is 0 Å². The van der Waals surface area contributed by atoms with Crippen molar-refractivity contribution in [3.8, 4) is 24.1 Å². The van der Waals surface area contributed by atoms with Gasteiger partial charge in [-0.2, -0.15) is 0 Å². The summed E-state index contributed by atoms with van der Waals surface area (Å²) < 4.78 is 19.4. The minimum absolute atomic E-state index is 0. The zero-order valence-corrected chi connectivity index (χ0v) is 11.4. The minimum Gasteiger partial charge on any atom is -0.460 e. The first-order valence-electron chi connectivity index (χ1n) is 5.64. The lowest BCUT2D eigenvalue weighted by Gasteiger charge is -2.27. The number of terminal acetylenes is 1. The van der Waals surface area contributed by atoms with Gasteiger partial charge < -0.3 is 9.47 Å². The second-order valence-electron chi connectivity index (χ2n) is 4.45. The fourth-order valence-corrected chi connectivity index (χ4v) is 2.96. The van der Waals surface area contributed by atoms with Crippen molar-refractivity contribution in [2.45, 2.75) is 25.0 Å². The molecule has 2 fully saturated rings. The first-order chi connectivity index (χ1) is 8.31. The van der Waals surface area contributed by atoms with Crippen molar-refractivity contribution in [3.05, 3.63) is 0 Å². The molecule has 0 amide bonds. The lowest BCUT2D eigenvalue weighted by atomic mass is 10.1. The van der Waals surface area contributed by atoms with Crippen LogP contribution in [0.3, 0.4) is 0 Å². The summed E-state index contributed by atoms with van der Waals surface area (Å²) in [5, 5.41) is 3.41. The SMILES string of the molecule is C#CCOc1nsnc1OC12CCC(CN1)C2.Cl. The molecule has 1 aliphatic carbocycles. The van der Waals surface area contributed by atoms with Crippen LogP contribution in [-0.4, -0.2) is 27.6 Å². The van der Waals surface area contributed by atoms with Gasteiger partial charge in [-0.25, -0.2) is 0 Å². The highest BCUT2D eigenvalue weighted by molar-refractivity contribution is 6.99. The van der Waals surface area contributed by atoms with Crippen LogP contribution in [0.15, 0.2) is 0 Å². The Labute approximate surface area is 116 Å². The van der Waals surface area contributed by atoms with Gasteiger partial charge in [0.15, 0.2) is 12.3 Å². The van der Waals surface area contributed by atoms with Crippen molar-refractivity contribution in [2.75, 3.05) is 13.2 Å². The number of fused-ring (bicyclic) bond motifs is 2. The van der Waals surface area contributed by atoms with Gasteiger partial charge in [-0.1, -0.05) is 5.92 Å². The van der Waals surface area contributed by atoms with Gasteiger partial charge in [0, 0.05) is 19.4 Å². The first kappa shape index (κ1) is 13.4. The summed E-state index contributed by atoms with van der Waals surface area (Å²) in [5.41, 5.74) is -0.255. The van der Waals surface area contributed by atoms with E-state index in [9.17, 15) is 0 Å². The maximum atomic E-state index is 5.95. The van der Waals surface area contributed by atoms with E-state index in [1.807, 2.05) is 0 Å². The summed E-state index contributed by atoms with van der Waals surface area (Å²) in [5.74, 6) is 4.00. The largest absolute Gasteiger partial charge is 0.460 e. The molecule has 0 radical (unpaired) electrons. The molecule has 1 N–H and O–H groups in total. The van der Waals surface area contributed by atoms with E-state index in [0.717, 1.165) is 37.0 Å². The predicted molar refractivity (Wildman–Crippen MR) is 70.2 cm³/mol. The third-order valence-corrected chi connectivity index (χ3v) is 3.80. The fourth-order valence-electron chi connectivity index (χ4n) is 2.52. The molecule has 2 aliphatic rings. The van der Waals surface area contributed by atoms with Crippen LogP contribution in [-0.2, 0) is 0 Å². The molecule has 7 heteroatoms. The molecular weight excluding hydrogens is 274 g/mol. The van der Waals surface area contributed by atoms with Crippen LogP contribution in [0.25, 0.3) is 0 Å². The Bertz CT molecular complexity index is 451. The van der Waals surface area contributed by atoms with Crippen LogP contribution in [0, 0.1) is 18.3 Å². The number of rotatable bonds is 4. The number of nitrogens with zero attached hydrogens (tertiary/aromatic N) is 2. The molecule has 1 saturated carbocycles. The second kappa shape index (κ2) is 5.31. The lowest BCUT2D eigenvalue weighted by molar-refractivity contribution is 0.0483. The van der Waals surface area contributed by atoms with E-state index in [0.29, 0.717) is 11.8 Å². The number of nitrogens with one attached hydrogen (secondary N) is 1. The first-order valence-corrected chi connectivity index (χ1v) is 6.37. The molecule has 5 nitrogen and oxygen atoms in total. The van der Waals surface area contributed by atoms with Crippen molar-refractivity contribution in [3.63, 3.8) is 0 Å². The van der Waals surface area contributed by atoms with Gasteiger partial charge in [-0.05, 0) is 12.3 Å². The Balaban J connectivity index is 0.00000120. The summed E-state index contributed by atoms with van der Waals surface area (Å²) in [6.07, 6.45) is 8.42. The van der Waals surface area contributed by atoms with Gasteiger partial charge in [0.1, 0.15) is 0 Å². The molecule has 1 aromatic rings. The van der Waals surface area contributed by atoms with E-state index in [1.54, 1.807) is 0 Å². The minimum atomic E-state index is -0.255. The van der Waals surface area contributed by atoms with E-state index in [4.69, 9.17) is 15.9 Å². The number of aromatic nitrogens is 2. The van der Waals surface area contributed by atoms with Gasteiger partial charge in [-0.3, -0.25) is 5.32 Å². The molecule has 2 bridgehead atoms. The number of halogens is 1. The Hall–Kier alpha value is -1.03. The molecule has 1 aromatic heterocycles. The van der Waals surface area contributed by atoms with Crippen molar-refractivity contribution in [1.82, 2.24) is 14.1 Å². The Kier molecular flexibility index (Phi) is 3.95. The summed E-state index contributed by atoms with van der Waals surface area (Å²) in [6.45, 7) is 1.21. The molecule has 0 spiro atoms. The van der Waals surface area contributed by atoms with Crippen LogP contribution in [0.5, 0.6) is 11.8 Å². The molecule has 98 valence electrons. The molecule has 18 heavy (non-hydrogen) atoms. The third kappa shape index (κ3) is 2.39. The average molecular weight is 288 g/mol. The van der Waals surface area contributed by atoms with Crippen LogP contribution in [0.4, 0.5) is 0 Å². The van der Waals surface area contributed by atoms with E-state index < -0.39 is 0 Å². The molecule has 2 heterocycles. The van der Waals surface area contributed by atoms with Crippen LogP contribution in [0.1, 0.15) is 19.3 Å². The van der Waals surface area contributed by atoms with E-state index in [2.05, 4.69) is 20.0 Å². The summed E-state index contributed by atoms with van der Waals surface area (Å²) in [4.78, 5) is 0. The van der Waals surface area contributed by atoms with Crippen LogP contribution < -0.4 is 14.8 Å². The topological polar surface area (TPSA) is 56.3 Å². The van der Waals surface area contributed by atoms with E-state index in [1.165, 1.54) is 6.42 Å². The van der Waals surface area contributed by atoms with Crippen LogP contribution in [0.2, 0.25) is 0 Å². The fraction of sp³-hybridized carbons (Fsp3) is 0.636. The zero-order valence-electron chi connectivity index (χ0n) is 9.72. The van der Waals surface area contributed by atoms with Crippen molar-refractivity contribution >= 4 is 24.1 Å². The second-order valence-corrected chi connectivity index (χ2v) is 4.98. The van der Waals surface area contributed by atoms with Crippen LogP contribution >= 0.6 is 24.1 Å². The number of ether oxygens (including phenoxy) is 2. The lowest BCUT2D eigenvalue weighted by Crippen LogP contribution is -2.45. The van der Waals surface area contributed by atoms with Crippen molar-refractivity contribution in [1.29, 1.82) is 0 Å². The maximum absolute atomic E-state index is 5.95. The Morgan fingerprint density at radius 2 is 2.33 bits per heavy atom. The van der Waals surface area contributed by atoms with Gasteiger partial charge in [0.25, 0.3) is 11.8 Å². The van der Waals surface area contributed by atoms with Crippen molar-refractivity contribution in [2.24, 2.45) is 5.92 Å². The Morgan fingerprint density at radius 3 is 2.94 bits per heavy atom. The van der Waals surface area contributed by atoms with Gasteiger partial charge in [0.05, 0.1) is 11.7 Å². The molecule has 3 rings (SSSR count). The molecule has 1 aliphatic heterocycles. The monoisotopic (exact) mass is 287 g/mol. The molecule has 1 saturated heterocycles. The number of hydrogen-bond donors (Lipinski definition) is 1. The number of hydrogen-bond acceptors (Lipinski definition) is 6. The zero-order chi connectivity index (χ0) is 11.7. The summed E-state index contributed by atoms with van der Waals surface area (Å²) >= 11 is 1.08. The average Bonchev–Trinajstić information content (AvgIpc) is 3.02. The smallest absolute Gasteiger partial charge is 0.292 e. The highest BCUT2D eigenvalue weighted by Crippen LogP contribution is 2.42. The summed E-state index contributed by atoms with van der Waals surface area (Å²) in [7, 11) is 0. The highest BCUT2D eigenvalue weighted by atomic mass is 35.5. The molecule has 2 unspecified atom stereocenters. The maximum Gasteiger partial charge on any atom is 0.292 e. The summed E-state index contributed by atoms with van der Waals surface area (Å²) in [6, 6.07) is 0. The predicted octanol–water partition coefficient (Wildman–Crippen LogP) is 1.45. The van der Waals surface area contributed by atoms with Gasteiger partial charge >= 0.3 is 0 Å². The third-order valence-electron chi connectivity index (χ3n) is 3.30. The number of piperidine rings is 1. The van der Waals surface area contributed by atoms with Gasteiger partial charge in [0.2, 0.25) is 0 Å². The molecule has 0 aromatic carbocycles. The molecular formula is C11H14ClN3O2S. The quantitative estimate of drug-likeness (QED) is 0.850. The Morgan fingerprint density at radius 1 is 1.50 bits per heavy atom. The normalized spacial score (nSPS) is 28.5. The van der Waals surface area contributed by atoms with Crippen molar-refractivity contribution < 1.29 is 9.47 Å². The highest BCUT2D eigenvalue weighted by Gasteiger charge is 2.47. The van der Waals surface area contributed by atoms with Gasteiger partial charge in [-0.15, -0.1) is 27.6 Å². The standard InChI is InChI=1S/C11H13N3O2S.ClH/c1-2-5-15-9-10(14-17-13-9)16-11-4-3-8(6-11)7-12-11;/h1,8,12H,3-7H2;1H.